The topological polar surface area (TPSA) is 63.0 Å². The summed E-state index contributed by atoms with van der Waals surface area (Å²) >= 11 is 5.91. The van der Waals surface area contributed by atoms with Crippen molar-refractivity contribution in [2.45, 2.75) is 0 Å². The average Bonchev–Trinajstić information content (AvgIpc) is 3.01. The van der Waals surface area contributed by atoms with E-state index in [0.717, 1.165) is 16.8 Å². The molecule has 0 aliphatic carbocycles. The van der Waals surface area contributed by atoms with E-state index in [1.165, 1.54) is 10.6 Å². The normalized spacial score (nSPS) is 11.0. The van der Waals surface area contributed by atoms with Gasteiger partial charge < -0.3 is 0 Å². The summed E-state index contributed by atoms with van der Waals surface area (Å²) in [5, 5.41) is 3.56. The van der Waals surface area contributed by atoms with E-state index in [4.69, 9.17) is 11.6 Å². The van der Waals surface area contributed by atoms with Crippen molar-refractivity contribution in [3.63, 3.8) is 0 Å². The van der Waals surface area contributed by atoms with Gasteiger partial charge in [0.05, 0.1) is 17.0 Å². The lowest BCUT2D eigenvalue weighted by molar-refractivity contribution is 0.901. The van der Waals surface area contributed by atoms with Crippen LogP contribution in [0.2, 0.25) is 5.02 Å². The molecular formula is C17H11ClN4O. The zero-order chi connectivity index (χ0) is 15.8. The summed E-state index contributed by atoms with van der Waals surface area (Å²) in [5.74, 6) is 0. The van der Waals surface area contributed by atoms with Crippen LogP contribution in [0.25, 0.3) is 28.2 Å². The highest BCUT2D eigenvalue weighted by atomic mass is 35.5. The maximum absolute atomic E-state index is 12.3. The smallest absolute Gasteiger partial charge is 0.273 e. The van der Waals surface area contributed by atoms with Gasteiger partial charge in [0.25, 0.3) is 5.56 Å². The molecule has 0 unspecified atom stereocenters. The minimum Gasteiger partial charge on any atom is -0.296 e. The van der Waals surface area contributed by atoms with E-state index in [2.05, 4.69) is 15.1 Å². The maximum Gasteiger partial charge on any atom is 0.273 e. The summed E-state index contributed by atoms with van der Waals surface area (Å²) in [5.41, 5.74) is 3.33. The number of nitrogens with one attached hydrogen (secondary N) is 1. The van der Waals surface area contributed by atoms with Crippen LogP contribution in [0.5, 0.6) is 0 Å². The van der Waals surface area contributed by atoms with Crippen molar-refractivity contribution in [1.82, 2.24) is 19.6 Å². The Labute approximate surface area is 136 Å². The first-order valence-corrected chi connectivity index (χ1v) is 7.39. The SMILES string of the molecule is O=c1cc(-c2ccc(Cl)cc2)nc2c(-c3ccccn3)c[nH]n12. The highest BCUT2D eigenvalue weighted by Gasteiger charge is 2.12. The van der Waals surface area contributed by atoms with Gasteiger partial charge in [-0.05, 0) is 24.3 Å². The lowest BCUT2D eigenvalue weighted by Gasteiger charge is -2.03. The third kappa shape index (κ3) is 2.41. The number of fused-ring (bicyclic) bond motifs is 1. The van der Waals surface area contributed by atoms with Crippen LogP contribution in [0.15, 0.2) is 65.7 Å². The van der Waals surface area contributed by atoms with Gasteiger partial charge in [-0.3, -0.25) is 14.9 Å². The first-order chi connectivity index (χ1) is 11.2. The Kier molecular flexibility index (Phi) is 3.20. The quantitative estimate of drug-likeness (QED) is 0.615. The molecule has 4 rings (SSSR count). The second kappa shape index (κ2) is 5.37. The maximum atomic E-state index is 12.3. The fourth-order valence-electron chi connectivity index (χ4n) is 2.46. The number of aromatic amines is 1. The number of hydrogen-bond acceptors (Lipinski definition) is 3. The Hall–Kier alpha value is -2.92. The minimum absolute atomic E-state index is 0.179. The molecule has 3 aromatic heterocycles. The number of halogens is 1. The Morgan fingerprint density at radius 2 is 1.87 bits per heavy atom. The van der Waals surface area contributed by atoms with E-state index in [9.17, 15) is 4.79 Å². The lowest BCUT2D eigenvalue weighted by atomic mass is 10.1. The van der Waals surface area contributed by atoms with Gasteiger partial charge in [0.2, 0.25) is 0 Å². The van der Waals surface area contributed by atoms with E-state index >= 15 is 0 Å². The molecule has 1 N–H and O–H groups in total. The molecule has 0 amide bonds. The molecule has 3 heterocycles. The van der Waals surface area contributed by atoms with Crippen LogP contribution < -0.4 is 5.56 Å². The van der Waals surface area contributed by atoms with Gasteiger partial charge in [-0.15, -0.1) is 0 Å². The number of rotatable bonds is 2. The Bertz CT molecular complexity index is 1040. The summed E-state index contributed by atoms with van der Waals surface area (Å²) in [7, 11) is 0. The number of benzene rings is 1. The molecule has 0 fully saturated rings. The van der Waals surface area contributed by atoms with Crippen LogP contribution in [-0.2, 0) is 0 Å². The number of pyridine rings is 1. The van der Waals surface area contributed by atoms with Crippen LogP contribution >= 0.6 is 11.6 Å². The van der Waals surface area contributed by atoms with Gasteiger partial charge in [0, 0.05) is 29.0 Å². The Morgan fingerprint density at radius 3 is 2.61 bits per heavy atom. The molecular weight excluding hydrogens is 312 g/mol. The van der Waals surface area contributed by atoms with Crippen molar-refractivity contribution in [1.29, 1.82) is 0 Å². The van der Waals surface area contributed by atoms with Crippen LogP contribution in [0.3, 0.4) is 0 Å². The molecule has 112 valence electrons. The second-order valence-electron chi connectivity index (χ2n) is 5.05. The van der Waals surface area contributed by atoms with Gasteiger partial charge in [-0.1, -0.05) is 29.8 Å². The Balaban J connectivity index is 1.95. The summed E-state index contributed by atoms with van der Waals surface area (Å²) in [6.07, 6.45) is 3.44. The standard InChI is InChI=1S/C17H11ClN4O/c18-12-6-4-11(5-7-12)15-9-16(23)22-17(21-15)13(10-20-22)14-3-1-2-8-19-14/h1-10,20H. The summed E-state index contributed by atoms with van der Waals surface area (Å²) in [4.78, 5) is 21.3. The number of nitrogens with zero attached hydrogens (tertiary/aromatic N) is 3. The van der Waals surface area contributed by atoms with Crippen molar-refractivity contribution >= 4 is 17.2 Å². The highest BCUT2D eigenvalue weighted by molar-refractivity contribution is 6.30. The predicted octanol–water partition coefficient (Wildman–Crippen LogP) is 3.41. The fraction of sp³-hybridized carbons (Fsp3) is 0. The highest BCUT2D eigenvalue weighted by Crippen LogP contribution is 2.23. The van der Waals surface area contributed by atoms with Crippen molar-refractivity contribution in [2.24, 2.45) is 0 Å². The zero-order valence-electron chi connectivity index (χ0n) is 11.9. The molecule has 0 saturated heterocycles. The number of aromatic nitrogens is 4. The van der Waals surface area contributed by atoms with Crippen LogP contribution in [0.4, 0.5) is 0 Å². The van der Waals surface area contributed by atoms with Crippen molar-refractivity contribution < 1.29 is 0 Å². The summed E-state index contributed by atoms with van der Waals surface area (Å²) in [6, 6.07) is 14.3. The number of hydrogen-bond donors (Lipinski definition) is 1. The van der Waals surface area contributed by atoms with Gasteiger partial charge in [-0.25, -0.2) is 9.50 Å². The molecule has 5 nitrogen and oxygen atoms in total. The molecule has 4 aromatic rings. The molecule has 0 aliphatic rings. The lowest BCUT2D eigenvalue weighted by Crippen LogP contribution is -2.14. The molecule has 0 spiro atoms. The molecule has 0 bridgehead atoms. The average molecular weight is 323 g/mol. The van der Waals surface area contributed by atoms with Crippen LogP contribution in [0.1, 0.15) is 0 Å². The van der Waals surface area contributed by atoms with Gasteiger partial charge in [-0.2, -0.15) is 0 Å². The van der Waals surface area contributed by atoms with E-state index in [1.54, 1.807) is 24.5 Å². The van der Waals surface area contributed by atoms with Crippen LogP contribution in [0, 0.1) is 0 Å². The first-order valence-electron chi connectivity index (χ1n) is 7.01. The van der Waals surface area contributed by atoms with Gasteiger partial charge >= 0.3 is 0 Å². The van der Waals surface area contributed by atoms with E-state index in [0.29, 0.717) is 16.4 Å². The zero-order valence-corrected chi connectivity index (χ0v) is 12.7. The molecule has 23 heavy (non-hydrogen) atoms. The van der Waals surface area contributed by atoms with E-state index in [1.807, 2.05) is 30.3 Å². The van der Waals surface area contributed by atoms with E-state index in [-0.39, 0.29) is 5.56 Å². The van der Waals surface area contributed by atoms with Crippen molar-refractivity contribution in [2.75, 3.05) is 0 Å². The van der Waals surface area contributed by atoms with Gasteiger partial charge in [0.1, 0.15) is 0 Å². The summed E-state index contributed by atoms with van der Waals surface area (Å²) in [6.45, 7) is 0. The van der Waals surface area contributed by atoms with Crippen molar-refractivity contribution in [3.05, 3.63) is 76.3 Å². The summed E-state index contributed by atoms with van der Waals surface area (Å²) < 4.78 is 1.41. The predicted molar refractivity (Wildman–Crippen MR) is 89.5 cm³/mol. The fourth-order valence-corrected chi connectivity index (χ4v) is 2.59. The molecule has 0 radical (unpaired) electrons. The third-order valence-electron chi connectivity index (χ3n) is 3.58. The molecule has 1 aromatic carbocycles. The Morgan fingerprint density at radius 1 is 1.04 bits per heavy atom. The molecule has 0 atom stereocenters. The van der Waals surface area contributed by atoms with Crippen LogP contribution in [-0.4, -0.2) is 19.6 Å². The molecule has 0 saturated carbocycles. The third-order valence-corrected chi connectivity index (χ3v) is 3.83. The monoisotopic (exact) mass is 322 g/mol. The van der Waals surface area contributed by atoms with Crippen molar-refractivity contribution in [3.8, 4) is 22.5 Å². The van der Waals surface area contributed by atoms with Gasteiger partial charge in [0.15, 0.2) is 5.65 Å². The first kappa shape index (κ1) is 13.7. The van der Waals surface area contributed by atoms with E-state index < -0.39 is 0 Å². The second-order valence-corrected chi connectivity index (χ2v) is 5.48. The molecule has 6 heteroatoms. The molecule has 0 aliphatic heterocycles. The minimum atomic E-state index is -0.179. The largest absolute Gasteiger partial charge is 0.296 e. The number of H-pyrrole nitrogens is 1.